The van der Waals surface area contributed by atoms with E-state index in [1.54, 1.807) is 0 Å². The molecule has 0 aromatic carbocycles. The normalized spacial score (nSPS) is 10.8. The maximum absolute atomic E-state index is 8.38. The van der Waals surface area contributed by atoms with Gasteiger partial charge in [0.2, 0.25) is 0 Å². The third kappa shape index (κ3) is 9.40. The van der Waals surface area contributed by atoms with Crippen LogP contribution in [0.3, 0.4) is 0 Å². The Hall–Kier alpha value is -0.600. The molecule has 0 bridgehead atoms. The minimum Gasteiger partial charge on any atom is -0.394 e. The van der Waals surface area contributed by atoms with Gasteiger partial charge < -0.3 is 9.84 Å². The number of unbranched alkanes of at least 4 members (excludes halogenated alkanes) is 2. The average Bonchev–Trinajstić information content (AvgIpc) is 2.10. The summed E-state index contributed by atoms with van der Waals surface area (Å²) in [5.74, 6) is 0. The van der Waals surface area contributed by atoms with Crippen molar-refractivity contribution in [1.82, 2.24) is 0 Å². The summed E-state index contributed by atoms with van der Waals surface area (Å²) in [6.07, 6.45) is 9.31. The highest BCUT2D eigenvalue weighted by molar-refractivity contribution is 4.82. The van der Waals surface area contributed by atoms with E-state index < -0.39 is 0 Å². The quantitative estimate of drug-likeness (QED) is 0.445. The van der Waals surface area contributed by atoms with Gasteiger partial charge >= 0.3 is 0 Å². The molecule has 0 spiro atoms. The number of hydrogen-bond acceptors (Lipinski definition) is 2. The Morgan fingerprint density at radius 2 is 2.08 bits per heavy atom. The lowest BCUT2D eigenvalue weighted by atomic mass is 10.2. The van der Waals surface area contributed by atoms with Crippen LogP contribution in [0.1, 0.15) is 19.3 Å². The van der Waals surface area contributed by atoms with E-state index >= 15 is 0 Å². The van der Waals surface area contributed by atoms with Crippen molar-refractivity contribution in [3.05, 3.63) is 24.8 Å². The summed E-state index contributed by atoms with van der Waals surface area (Å²) in [6.45, 7) is 4.78. The maximum atomic E-state index is 8.38. The molecule has 0 aliphatic carbocycles. The molecule has 0 amide bonds. The zero-order chi connectivity index (χ0) is 9.07. The lowest BCUT2D eigenvalue weighted by Gasteiger charge is -1.95. The van der Waals surface area contributed by atoms with E-state index in [1.807, 2.05) is 12.2 Å². The van der Waals surface area contributed by atoms with Crippen LogP contribution in [-0.4, -0.2) is 24.9 Å². The predicted octanol–water partition coefficient (Wildman–Crippen LogP) is 1.91. The molecule has 0 aromatic rings. The third-order valence-electron chi connectivity index (χ3n) is 1.40. The second kappa shape index (κ2) is 10.4. The van der Waals surface area contributed by atoms with Gasteiger partial charge in [0.15, 0.2) is 0 Å². The molecule has 2 heteroatoms. The van der Waals surface area contributed by atoms with E-state index in [9.17, 15) is 0 Å². The van der Waals surface area contributed by atoms with Gasteiger partial charge in [0.1, 0.15) is 0 Å². The first-order chi connectivity index (χ1) is 5.91. The van der Waals surface area contributed by atoms with E-state index in [2.05, 4.69) is 12.7 Å². The van der Waals surface area contributed by atoms with E-state index in [0.717, 1.165) is 19.3 Å². The Morgan fingerprint density at radius 3 is 2.75 bits per heavy atom. The second-order valence-electron chi connectivity index (χ2n) is 2.49. The SMILES string of the molecule is C=CCCCC=CCOCCO. The maximum Gasteiger partial charge on any atom is 0.0701 e. The Balaban J connectivity index is 2.98. The van der Waals surface area contributed by atoms with Crippen LogP contribution in [0.5, 0.6) is 0 Å². The smallest absolute Gasteiger partial charge is 0.0701 e. The molecule has 0 aliphatic rings. The molecule has 0 radical (unpaired) electrons. The first kappa shape index (κ1) is 11.4. The minimum absolute atomic E-state index is 0.101. The van der Waals surface area contributed by atoms with Crippen LogP contribution in [0, 0.1) is 0 Å². The summed E-state index contributed by atoms with van der Waals surface area (Å²) in [5.41, 5.74) is 0. The molecule has 0 saturated carbocycles. The Labute approximate surface area is 74.6 Å². The largest absolute Gasteiger partial charge is 0.394 e. The van der Waals surface area contributed by atoms with Crippen LogP contribution in [0.25, 0.3) is 0 Å². The number of aliphatic hydroxyl groups excluding tert-OH is 1. The van der Waals surface area contributed by atoms with Crippen LogP contribution >= 0.6 is 0 Å². The van der Waals surface area contributed by atoms with E-state index in [-0.39, 0.29) is 6.61 Å². The van der Waals surface area contributed by atoms with Gasteiger partial charge in [0, 0.05) is 0 Å². The monoisotopic (exact) mass is 170 g/mol. The van der Waals surface area contributed by atoms with Crippen molar-refractivity contribution >= 4 is 0 Å². The van der Waals surface area contributed by atoms with E-state index in [1.165, 1.54) is 0 Å². The van der Waals surface area contributed by atoms with Crippen LogP contribution in [0.4, 0.5) is 0 Å². The first-order valence-electron chi connectivity index (χ1n) is 4.36. The lowest BCUT2D eigenvalue weighted by Crippen LogP contribution is -1.97. The van der Waals surface area contributed by atoms with Crippen LogP contribution in [-0.2, 0) is 4.74 Å². The lowest BCUT2D eigenvalue weighted by molar-refractivity contribution is 0.112. The molecule has 0 rings (SSSR count). The van der Waals surface area contributed by atoms with Gasteiger partial charge in [-0.1, -0.05) is 18.2 Å². The summed E-state index contributed by atoms with van der Waals surface area (Å²) < 4.78 is 5.03. The molecular formula is C10H18O2. The fourth-order valence-corrected chi connectivity index (χ4v) is 0.782. The third-order valence-corrected chi connectivity index (χ3v) is 1.40. The summed E-state index contributed by atoms with van der Waals surface area (Å²) in [5, 5.41) is 8.38. The molecule has 0 unspecified atom stereocenters. The van der Waals surface area contributed by atoms with Gasteiger partial charge in [0.05, 0.1) is 19.8 Å². The first-order valence-corrected chi connectivity index (χ1v) is 4.36. The van der Waals surface area contributed by atoms with Gasteiger partial charge in [0.25, 0.3) is 0 Å². The van der Waals surface area contributed by atoms with Gasteiger partial charge in [-0.3, -0.25) is 0 Å². The zero-order valence-corrected chi connectivity index (χ0v) is 7.54. The summed E-state index contributed by atoms with van der Waals surface area (Å²) >= 11 is 0. The zero-order valence-electron chi connectivity index (χ0n) is 7.54. The van der Waals surface area contributed by atoms with Crippen molar-refractivity contribution in [3.63, 3.8) is 0 Å². The molecular weight excluding hydrogens is 152 g/mol. The Kier molecular flexibility index (Phi) is 9.88. The van der Waals surface area contributed by atoms with Crippen molar-refractivity contribution in [2.24, 2.45) is 0 Å². The van der Waals surface area contributed by atoms with Crippen LogP contribution < -0.4 is 0 Å². The number of allylic oxidation sites excluding steroid dienone is 2. The summed E-state index contributed by atoms with van der Waals surface area (Å²) in [6, 6.07) is 0. The molecule has 0 fully saturated rings. The average molecular weight is 170 g/mol. The molecule has 2 nitrogen and oxygen atoms in total. The number of hydrogen-bond donors (Lipinski definition) is 1. The van der Waals surface area contributed by atoms with Gasteiger partial charge in [-0.15, -0.1) is 6.58 Å². The molecule has 1 N–H and O–H groups in total. The minimum atomic E-state index is 0.101. The van der Waals surface area contributed by atoms with Gasteiger partial charge in [-0.05, 0) is 19.3 Å². The summed E-state index contributed by atoms with van der Waals surface area (Å²) in [4.78, 5) is 0. The van der Waals surface area contributed by atoms with E-state index in [4.69, 9.17) is 9.84 Å². The van der Waals surface area contributed by atoms with Crippen LogP contribution in [0.15, 0.2) is 24.8 Å². The van der Waals surface area contributed by atoms with Crippen LogP contribution in [0.2, 0.25) is 0 Å². The topological polar surface area (TPSA) is 29.5 Å². The van der Waals surface area contributed by atoms with Crippen molar-refractivity contribution in [2.75, 3.05) is 19.8 Å². The second-order valence-corrected chi connectivity index (χ2v) is 2.49. The highest BCUT2D eigenvalue weighted by Crippen LogP contribution is 1.96. The fraction of sp³-hybridized carbons (Fsp3) is 0.600. The molecule has 12 heavy (non-hydrogen) atoms. The molecule has 70 valence electrons. The van der Waals surface area contributed by atoms with Gasteiger partial charge in [-0.2, -0.15) is 0 Å². The number of rotatable bonds is 8. The van der Waals surface area contributed by atoms with Crippen molar-refractivity contribution < 1.29 is 9.84 Å². The predicted molar refractivity (Wildman–Crippen MR) is 51.1 cm³/mol. The van der Waals surface area contributed by atoms with Crippen molar-refractivity contribution in [3.8, 4) is 0 Å². The molecule has 0 aromatic heterocycles. The highest BCUT2D eigenvalue weighted by Gasteiger charge is 1.81. The van der Waals surface area contributed by atoms with Gasteiger partial charge in [-0.25, -0.2) is 0 Å². The Bertz CT molecular complexity index is 119. The molecule has 0 heterocycles. The van der Waals surface area contributed by atoms with E-state index in [0.29, 0.717) is 13.2 Å². The Morgan fingerprint density at radius 1 is 1.25 bits per heavy atom. The van der Waals surface area contributed by atoms with Crippen molar-refractivity contribution in [1.29, 1.82) is 0 Å². The molecule has 0 saturated heterocycles. The number of aliphatic hydroxyl groups is 1. The number of ether oxygens (including phenoxy) is 1. The standard InChI is InChI=1S/C10H18O2/c1-2-3-4-5-6-7-9-12-10-8-11/h2,6-7,11H,1,3-5,8-10H2. The fourth-order valence-electron chi connectivity index (χ4n) is 0.782. The molecule has 0 atom stereocenters. The van der Waals surface area contributed by atoms with Crippen molar-refractivity contribution in [2.45, 2.75) is 19.3 Å². The summed E-state index contributed by atoms with van der Waals surface area (Å²) in [7, 11) is 0. The highest BCUT2D eigenvalue weighted by atomic mass is 16.5. The molecule has 0 aliphatic heterocycles.